The van der Waals surface area contributed by atoms with Gasteiger partial charge in [0, 0.05) is 14.8 Å². The van der Waals surface area contributed by atoms with Gasteiger partial charge in [0.2, 0.25) is 25.9 Å². The van der Waals surface area contributed by atoms with Crippen molar-refractivity contribution in [2.75, 3.05) is 26.2 Å². The Kier molecular flexibility index (Phi) is 11.0. The van der Waals surface area contributed by atoms with Crippen molar-refractivity contribution in [1.82, 2.24) is 0 Å². The molecule has 18 heteroatoms. The molecule has 2 N–H and O–H groups in total. The van der Waals surface area contributed by atoms with Crippen LogP contribution >= 0.6 is 0 Å². The lowest BCUT2D eigenvalue weighted by Gasteiger charge is -2.41. The normalized spacial score (nSPS) is 24.4. The Bertz CT molecular complexity index is 757. The van der Waals surface area contributed by atoms with Crippen LogP contribution in [0.1, 0.15) is 19.3 Å². The first-order chi connectivity index (χ1) is 15.4. The molecule has 0 spiro atoms. The molecule has 5 atom stereocenters. The first kappa shape index (κ1) is 27.5. The highest BCUT2D eigenvalue weighted by Gasteiger charge is 2.49. The molecule has 1 heterocycles. The molecule has 1 rings (SSSR count). The minimum Gasteiger partial charge on any atom is -0.463 e. The van der Waals surface area contributed by atoms with E-state index in [1.54, 1.807) is 0 Å². The number of nitrogens with zero attached hydrogens (tertiary/aromatic N) is 3. The molecule has 18 nitrogen and oxygen atoms in total. The molecule has 1 fully saturated rings. The zero-order valence-electron chi connectivity index (χ0n) is 16.9. The monoisotopic (exact) mass is 483 g/mol. The molecule has 1 aliphatic heterocycles. The zero-order chi connectivity index (χ0) is 25.1. The van der Waals surface area contributed by atoms with Crippen molar-refractivity contribution in [3.63, 3.8) is 0 Å². The van der Waals surface area contributed by atoms with Gasteiger partial charge in [0.15, 0.2) is 6.10 Å². The third-order valence-electron chi connectivity index (χ3n) is 4.06. The minimum atomic E-state index is -1.99. The average molecular weight is 483 g/mol. The van der Waals surface area contributed by atoms with E-state index in [0.29, 0.717) is 0 Å². The second kappa shape index (κ2) is 13.1. The van der Waals surface area contributed by atoms with Gasteiger partial charge >= 0.3 is 17.9 Å². The van der Waals surface area contributed by atoms with Crippen molar-refractivity contribution in [2.45, 2.75) is 50.0 Å². The maximum absolute atomic E-state index is 11.8. The molecule has 0 amide bonds. The fraction of sp³-hybridized carbons (Fsp3) is 0.800. The van der Waals surface area contributed by atoms with Crippen LogP contribution in [0.4, 0.5) is 0 Å². The number of hydrogen-bond donors (Lipinski definition) is 2. The Hall–Kier alpha value is -3.51. The number of hydrogen-bond acceptors (Lipinski definition) is 15. The van der Waals surface area contributed by atoms with Gasteiger partial charge in [-0.05, 0) is 0 Å². The highest BCUT2D eigenvalue weighted by atomic mass is 16.7. The highest BCUT2D eigenvalue weighted by Crippen LogP contribution is 2.26. The average Bonchev–Trinajstić information content (AvgIpc) is 2.73. The minimum absolute atomic E-state index is 0.603. The number of ether oxygens (including phenoxy) is 4. The molecular formula is C15H21N3O15. The summed E-state index contributed by atoms with van der Waals surface area (Å²) >= 11 is 0. The van der Waals surface area contributed by atoms with Gasteiger partial charge in [-0.1, -0.05) is 0 Å². The van der Waals surface area contributed by atoms with Crippen LogP contribution in [-0.4, -0.2) is 99.8 Å². The van der Waals surface area contributed by atoms with Crippen LogP contribution in [0.15, 0.2) is 0 Å². The number of rotatable bonds is 13. The van der Waals surface area contributed by atoms with Crippen LogP contribution < -0.4 is 0 Å². The lowest BCUT2D eigenvalue weighted by molar-refractivity contribution is -0.479. The van der Waals surface area contributed by atoms with Gasteiger partial charge in [0.05, 0.1) is 0 Å². The summed E-state index contributed by atoms with van der Waals surface area (Å²) in [5.41, 5.74) is 0. The first-order valence-corrected chi connectivity index (χ1v) is 9.32. The summed E-state index contributed by atoms with van der Waals surface area (Å²) in [4.78, 5) is 63.8. The lowest BCUT2D eigenvalue weighted by atomic mass is 9.99. The van der Waals surface area contributed by atoms with Crippen LogP contribution in [0.25, 0.3) is 0 Å². The number of esters is 3. The summed E-state index contributed by atoms with van der Waals surface area (Å²) in [6.07, 6.45) is -11.3. The maximum Gasteiger partial charge on any atom is 0.314 e. The molecule has 0 aromatic rings. The van der Waals surface area contributed by atoms with E-state index in [1.807, 2.05) is 0 Å². The molecule has 0 radical (unpaired) electrons. The molecule has 1 saturated heterocycles. The molecule has 0 aromatic heterocycles. The smallest absolute Gasteiger partial charge is 0.314 e. The second-order valence-electron chi connectivity index (χ2n) is 6.57. The van der Waals surface area contributed by atoms with Gasteiger partial charge in [-0.25, -0.2) is 0 Å². The van der Waals surface area contributed by atoms with Crippen molar-refractivity contribution in [3.05, 3.63) is 30.3 Å². The highest BCUT2D eigenvalue weighted by molar-refractivity contribution is 5.71. The number of carbonyl (C=O) groups excluding carboxylic acids is 3. The van der Waals surface area contributed by atoms with E-state index in [4.69, 9.17) is 18.9 Å². The summed E-state index contributed by atoms with van der Waals surface area (Å²) in [5.74, 6) is -3.44. The topological polar surface area (TPSA) is 258 Å². The van der Waals surface area contributed by atoms with Gasteiger partial charge in [0.25, 0.3) is 0 Å². The van der Waals surface area contributed by atoms with E-state index in [-0.39, 0.29) is 0 Å². The zero-order valence-corrected chi connectivity index (χ0v) is 16.9. The fourth-order valence-corrected chi connectivity index (χ4v) is 2.46. The molecule has 0 bridgehead atoms. The van der Waals surface area contributed by atoms with E-state index >= 15 is 0 Å². The van der Waals surface area contributed by atoms with Crippen molar-refractivity contribution in [1.29, 1.82) is 0 Å². The van der Waals surface area contributed by atoms with Crippen LogP contribution in [-0.2, 0) is 33.3 Å². The van der Waals surface area contributed by atoms with E-state index in [1.165, 1.54) is 0 Å². The Morgan fingerprint density at radius 1 is 0.758 bits per heavy atom. The van der Waals surface area contributed by atoms with Crippen LogP contribution in [0.2, 0.25) is 0 Å². The summed E-state index contributed by atoms with van der Waals surface area (Å²) in [5, 5.41) is 51.6. The molecule has 0 aromatic carbocycles. The van der Waals surface area contributed by atoms with E-state index in [2.05, 4.69) is 0 Å². The van der Waals surface area contributed by atoms with Crippen molar-refractivity contribution in [2.24, 2.45) is 0 Å². The lowest BCUT2D eigenvalue weighted by Crippen LogP contribution is -2.61. The molecule has 0 saturated carbocycles. The third kappa shape index (κ3) is 10.1. The van der Waals surface area contributed by atoms with Gasteiger partial charge in [-0.3, -0.25) is 44.7 Å². The first-order valence-electron chi connectivity index (χ1n) is 9.32. The predicted molar refractivity (Wildman–Crippen MR) is 97.0 cm³/mol. The fourth-order valence-electron chi connectivity index (χ4n) is 2.46. The molecule has 186 valence electrons. The number of aliphatic hydroxyl groups excluding tert-OH is 2. The van der Waals surface area contributed by atoms with E-state index in [0.717, 1.165) is 0 Å². The van der Waals surface area contributed by atoms with Crippen LogP contribution in [0, 0.1) is 30.3 Å². The molecule has 1 aliphatic rings. The second-order valence-corrected chi connectivity index (χ2v) is 6.57. The molecule has 0 aliphatic carbocycles. The maximum atomic E-state index is 11.8. The Labute approximate surface area is 183 Å². The summed E-state index contributed by atoms with van der Waals surface area (Å²) in [7, 11) is 0. The number of aliphatic hydroxyl groups is 2. The Morgan fingerprint density at radius 3 is 1.70 bits per heavy atom. The third-order valence-corrected chi connectivity index (χ3v) is 4.06. The number of nitro groups is 3. The van der Waals surface area contributed by atoms with Gasteiger partial charge in [-0.15, -0.1) is 0 Å². The predicted octanol–water partition coefficient (Wildman–Crippen LogP) is -2.57. The molecule has 33 heavy (non-hydrogen) atoms. The van der Waals surface area contributed by atoms with E-state index in [9.17, 15) is 54.9 Å². The van der Waals surface area contributed by atoms with Crippen LogP contribution in [0.3, 0.4) is 0 Å². The van der Waals surface area contributed by atoms with Crippen molar-refractivity contribution >= 4 is 17.9 Å². The van der Waals surface area contributed by atoms with Crippen molar-refractivity contribution < 1.29 is 58.3 Å². The summed E-state index contributed by atoms with van der Waals surface area (Å²) in [6, 6.07) is 0. The SMILES string of the molecule is O=C(CC[N+](=O)[O-])OC[C@H]1O[C@H](OC(=O)CC[N+](=O)[O-])[C@H](OC(=O)CC[N+](=O)[O-])[C@@H](O)[C@@H]1O. The Morgan fingerprint density at radius 2 is 1.21 bits per heavy atom. The van der Waals surface area contributed by atoms with Gasteiger partial charge in [-0.2, -0.15) is 0 Å². The van der Waals surface area contributed by atoms with E-state index < -0.39 is 109 Å². The van der Waals surface area contributed by atoms with Crippen LogP contribution in [0.5, 0.6) is 0 Å². The molecule has 0 unspecified atom stereocenters. The molecular weight excluding hydrogens is 462 g/mol. The Balaban J connectivity index is 2.87. The number of carbonyl (C=O) groups is 3. The van der Waals surface area contributed by atoms with Gasteiger partial charge < -0.3 is 29.2 Å². The van der Waals surface area contributed by atoms with Gasteiger partial charge in [0.1, 0.15) is 44.2 Å². The summed E-state index contributed by atoms with van der Waals surface area (Å²) in [6.45, 7) is -3.11. The largest absolute Gasteiger partial charge is 0.463 e. The quantitative estimate of drug-likeness (QED) is 0.118. The van der Waals surface area contributed by atoms with Crippen molar-refractivity contribution in [3.8, 4) is 0 Å². The summed E-state index contributed by atoms with van der Waals surface area (Å²) < 4.78 is 19.6. The standard InChI is InChI=1S/C15H21N3O15/c19-9(1-4-16(24)25)30-7-8-12(22)13(23)14(32-10(20)2-5-17(26)27)15(31-8)33-11(21)3-6-18(28)29/h8,12-15,22-23H,1-7H2/t8-,12-,13+,14-,15-/m1/s1.